The number of rotatable bonds is 3. The Morgan fingerprint density at radius 3 is 2.59 bits per heavy atom. The number of hydrogen-bond acceptors (Lipinski definition) is 5. The van der Waals surface area contributed by atoms with Gasteiger partial charge in [0.2, 0.25) is 0 Å². The third kappa shape index (κ3) is 3.06. The molecule has 1 fully saturated rings. The van der Waals surface area contributed by atoms with Gasteiger partial charge in [0, 0.05) is 38.7 Å². The Bertz CT molecular complexity index is 371. The first-order valence-corrected chi connectivity index (χ1v) is 6.26. The van der Waals surface area contributed by atoms with Crippen LogP contribution in [-0.4, -0.2) is 48.1 Å². The van der Waals surface area contributed by atoms with Crippen LogP contribution in [0.2, 0.25) is 0 Å². The Kier molecular flexibility index (Phi) is 3.78. The van der Waals surface area contributed by atoms with Crippen LogP contribution in [0.1, 0.15) is 19.2 Å². The van der Waals surface area contributed by atoms with Crippen LogP contribution in [0.3, 0.4) is 0 Å². The molecule has 1 aromatic rings. The van der Waals surface area contributed by atoms with Gasteiger partial charge in [0.15, 0.2) is 0 Å². The van der Waals surface area contributed by atoms with Gasteiger partial charge in [0.05, 0.1) is 0 Å². The van der Waals surface area contributed by atoms with E-state index in [4.69, 9.17) is 5.73 Å². The van der Waals surface area contributed by atoms with Crippen LogP contribution in [0.25, 0.3) is 0 Å². The molecular formula is C12H21N5. The highest BCUT2D eigenvalue weighted by Crippen LogP contribution is 2.16. The number of anilines is 2. The maximum absolute atomic E-state index is 5.84. The highest BCUT2D eigenvalue weighted by molar-refractivity contribution is 5.47. The van der Waals surface area contributed by atoms with Crippen LogP contribution in [0, 0.1) is 0 Å². The maximum Gasteiger partial charge on any atom is 0.134 e. The number of nitrogens with zero attached hydrogens (tertiary/aromatic N) is 4. The molecule has 1 aliphatic rings. The number of hydrogen-bond donors (Lipinski definition) is 1. The lowest BCUT2D eigenvalue weighted by atomic mass is 10.3. The van der Waals surface area contributed by atoms with Gasteiger partial charge in [0.25, 0.3) is 0 Å². The van der Waals surface area contributed by atoms with Gasteiger partial charge in [-0.1, -0.05) is 6.92 Å². The first-order valence-electron chi connectivity index (χ1n) is 6.26. The number of piperazine rings is 1. The second kappa shape index (κ2) is 5.31. The maximum atomic E-state index is 5.84. The Morgan fingerprint density at radius 1 is 1.24 bits per heavy atom. The van der Waals surface area contributed by atoms with Crippen LogP contribution in [0.15, 0.2) is 6.07 Å². The van der Waals surface area contributed by atoms with Gasteiger partial charge in [-0.3, -0.25) is 0 Å². The normalized spacial score (nSPS) is 17.4. The van der Waals surface area contributed by atoms with Crippen LogP contribution in [0.5, 0.6) is 0 Å². The van der Waals surface area contributed by atoms with Crippen molar-refractivity contribution in [1.82, 2.24) is 14.9 Å². The minimum atomic E-state index is 0.581. The van der Waals surface area contributed by atoms with Gasteiger partial charge in [-0.15, -0.1) is 0 Å². The molecule has 2 heterocycles. The lowest BCUT2D eigenvalue weighted by Crippen LogP contribution is -2.44. The fraction of sp³-hybridized carbons (Fsp3) is 0.667. The topological polar surface area (TPSA) is 58.3 Å². The van der Waals surface area contributed by atoms with Gasteiger partial charge >= 0.3 is 0 Å². The van der Waals surface area contributed by atoms with Gasteiger partial charge in [-0.2, -0.15) is 0 Å². The van der Waals surface area contributed by atoms with Crippen LogP contribution in [-0.2, 0) is 6.42 Å². The minimum Gasteiger partial charge on any atom is -0.384 e. The summed E-state index contributed by atoms with van der Waals surface area (Å²) in [5.74, 6) is 2.42. The summed E-state index contributed by atoms with van der Waals surface area (Å²) in [4.78, 5) is 13.5. The molecule has 1 aromatic heterocycles. The molecule has 1 saturated heterocycles. The van der Waals surface area contributed by atoms with Crippen molar-refractivity contribution in [2.24, 2.45) is 0 Å². The largest absolute Gasteiger partial charge is 0.384 e. The number of likely N-dealkylation sites (N-methyl/N-ethyl adjacent to an activating group) is 1. The number of aryl methyl sites for hydroxylation is 1. The zero-order chi connectivity index (χ0) is 12.3. The molecule has 0 spiro atoms. The first kappa shape index (κ1) is 12.1. The van der Waals surface area contributed by atoms with Crippen molar-refractivity contribution < 1.29 is 0 Å². The quantitative estimate of drug-likeness (QED) is 0.838. The molecule has 2 rings (SSSR count). The van der Waals surface area contributed by atoms with E-state index in [0.717, 1.165) is 50.7 Å². The van der Waals surface area contributed by atoms with Crippen LogP contribution >= 0.6 is 0 Å². The van der Waals surface area contributed by atoms with Crippen molar-refractivity contribution in [3.63, 3.8) is 0 Å². The van der Waals surface area contributed by atoms with Crippen molar-refractivity contribution in [2.75, 3.05) is 43.9 Å². The zero-order valence-electron chi connectivity index (χ0n) is 10.7. The first-order chi connectivity index (χ1) is 8.19. The van der Waals surface area contributed by atoms with Crippen molar-refractivity contribution in [3.8, 4) is 0 Å². The van der Waals surface area contributed by atoms with Crippen molar-refractivity contribution >= 4 is 11.6 Å². The molecule has 2 N–H and O–H groups in total. The molecule has 94 valence electrons. The molecule has 0 amide bonds. The van der Waals surface area contributed by atoms with Crippen molar-refractivity contribution in [2.45, 2.75) is 19.8 Å². The van der Waals surface area contributed by atoms with E-state index in [1.165, 1.54) is 0 Å². The molecule has 17 heavy (non-hydrogen) atoms. The lowest BCUT2D eigenvalue weighted by Gasteiger charge is -2.33. The summed E-state index contributed by atoms with van der Waals surface area (Å²) in [5, 5.41) is 0. The van der Waals surface area contributed by atoms with E-state index in [2.05, 4.69) is 33.7 Å². The summed E-state index contributed by atoms with van der Waals surface area (Å²) in [6.45, 7) is 6.30. The standard InChI is InChI=1S/C12H21N5/c1-3-4-11-14-10(13)9-12(15-11)17-7-5-16(2)6-8-17/h9H,3-8H2,1-2H3,(H2,13,14,15). The van der Waals surface area contributed by atoms with Gasteiger partial charge < -0.3 is 15.5 Å². The predicted octanol–water partition coefficient (Wildman–Crippen LogP) is 0.763. The lowest BCUT2D eigenvalue weighted by molar-refractivity contribution is 0.312. The third-order valence-corrected chi connectivity index (χ3v) is 3.08. The second-order valence-electron chi connectivity index (χ2n) is 4.61. The fourth-order valence-corrected chi connectivity index (χ4v) is 2.04. The molecule has 0 aliphatic carbocycles. The molecule has 1 aliphatic heterocycles. The van der Waals surface area contributed by atoms with E-state index in [1.54, 1.807) is 0 Å². The zero-order valence-corrected chi connectivity index (χ0v) is 10.7. The highest BCUT2D eigenvalue weighted by Gasteiger charge is 2.16. The van der Waals surface area contributed by atoms with Crippen molar-refractivity contribution in [3.05, 3.63) is 11.9 Å². The van der Waals surface area contributed by atoms with E-state index in [9.17, 15) is 0 Å². The highest BCUT2D eigenvalue weighted by atomic mass is 15.3. The smallest absolute Gasteiger partial charge is 0.134 e. The van der Waals surface area contributed by atoms with Gasteiger partial charge in [-0.05, 0) is 13.5 Å². The molecule has 0 saturated carbocycles. The predicted molar refractivity (Wildman–Crippen MR) is 70.1 cm³/mol. The van der Waals surface area contributed by atoms with E-state index in [1.807, 2.05) is 6.07 Å². The van der Waals surface area contributed by atoms with E-state index in [-0.39, 0.29) is 0 Å². The number of nitrogens with two attached hydrogens (primary N) is 1. The summed E-state index contributed by atoms with van der Waals surface area (Å²) >= 11 is 0. The minimum absolute atomic E-state index is 0.581. The van der Waals surface area contributed by atoms with Gasteiger partial charge in [-0.25, -0.2) is 9.97 Å². The van der Waals surface area contributed by atoms with E-state index >= 15 is 0 Å². The number of aromatic nitrogens is 2. The third-order valence-electron chi connectivity index (χ3n) is 3.08. The summed E-state index contributed by atoms with van der Waals surface area (Å²) in [6.07, 6.45) is 1.94. The molecule has 0 bridgehead atoms. The SMILES string of the molecule is CCCc1nc(N)cc(N2CCN(C)CC2)n1. The Balaban J connectivity index is 2.14. The monoisotopic (exact) mass is 235 g/mol. The molecule has 5 heteroatoms. The fourth-order valence-electron chi connectivity index (χ4n) is 2.04. The summed E-state index contributed by atoms with van der Waals surface area (Å²) in [6, 6.07) is 1.88. The average molecular weight is 235 g/mol. The second-order valence-corrected chi connectivity index (χ2v) is 4.61. The summed E-state index contributed by atoms with van der Waals surface area (Å²) in [5.41, 5.74) is 5.84. The van der Waals surface area contributed by atoms with Crippen molar-refractivity contribution in [1.29, 1.82) is 0 Å². The molecule has 0 aromatic carbocycles. The summed E-state index contributed by atoms with van der Waals surface area (Å²) in [7, 11) is 2.15. The average Bonchev–Trinajstić information content (AvgIpc) is 2.29. The number of nitrogen functional groups attached to an aromatic ring is 1. The van der Waals surface area contributed by atoms with Gasteiger partial charge in [0.1, 0.15) is 17.5 Å². The Morgan fingerprint density at radius 2 is 1.94 bits per heavy atom. The molecular weight excluding hydrogens is 214 g/mol. The van der Waals surface area contributed by atoms with E-state index < -0.39 is 0 Å². The Labute approximate surface area is 103 Å². The molecule has 0 atom stereocenters. The van der Waals surface area contributed by atoms with E-state index in [0.29, 0.717) is 5.82 Å². The summed E-state index contributed by atoms with van der Waals surface area (Å²) < 4.78 is 0. The Hall–Kier alpha value is -1.36. The molecule has 5 nitrogen and oxygen atoms in total. The van der Waals surface area contributed by atoms with Crippen LogP contribution < -0.4 is 10.6 Å². The molecule has 0 radical (unpaired) electrons. The molecule has 0 unspecified atom stereocenters. The van der Waals surface area contributed by atoms with Crippen LogP contribution in [0.4, 0.5) is 11.6 Å².